The Labute approximate surface area is 179 Å². The fraction of sp³-hybridized carbons (Fsp3) is 0.435. The molecule has 5 nitrogen and oxygen atoms in total. The number of benzene rings is 2. The molecule has 1 atom stereocenters. The molecule has 1 heterocycles. The molecule has 0 spiro atoms. The summed E-state index contributed by atoms with van der Waals surface area (Å²) in [6.45, 7) is 3.79. The molecule has 2 aromatic carbocycles. The monoisotopic (exact) mass is 433 g/mol. The van der Waals surface area contributed by atoms with E-state index in [4.69, 9.17) is 4.74 Å². The van der Waals surface area contributed by atoms with Crippen LogP contribution >= 0.6 is 0 Å². The van der Waals surface area contributed by atoms with Crippen molar-refractivity contribution >= 4 is 23.0 Å². The summed E-state index contributed by atoms with van der Waals surface area (Å²) in [5.74, 6) is -0.394. The van der Waals surface area contributed by atoms with Gasteiger partial charge < -0.3 is 20.3 Å². The topological polar surface area (TPSA) is 53.6 Å². The van der Waals surface area contributed by atoms with Crippen LogP contribution in [0.25, 0.3) is 0 Å². The molecule has 8 heteroatoms. The van der Waals surface area contributed by atoms with E-state index in [1.807, 2.05) is 11.0 Å². The molecule has 1 aliphatic heterocycles. The fourth-order valence-electron chi connectivity index (χ4n) is 4.11. The van der Waals surface area contributed by atoms with Gasteiger partial charge in [0.2, 0.25) is 5.91 Å². The third kappa shape index (κ3) is 4.95. The molecule has 0 aromatic heterocycles. The molecule has 1 amide bonds. The summed E-state index contributed by atoms with van der Waals surface area (Å²) >= 11 is 0. The van der Waals surface area contributed by atoms with Gasteiger partial charge in [-0.1, -0.05) is 6.07 Å². The number of aryl methyl sites for hydroxylation is 2. The van der Waals surface area contributed by atoms with E-state index >= 15 is 0 Å². The molecule has 4 rings (SSSR count). The van der Waals surface area contributed by atoms with Crippen LogP contribution in [0.3, 0.4) is 0 Å². The maximum absolute atomic E-state index is 13.3. The summed E-state index contributed by atoms with van der Waals surface area (Å²) in [5, 5.41) is 5.88. The first kappa shape index (κ1) is 21.5. The maximum Gasteiger partial charge on any atom is 0.416 e. The summed E-state index contributed by atoms with van der Waals surface area (Å²) in [4.78, 5) is 14.8. The molecule has 0 unspecified atom stereocenters. The van der Waals surface area contributed by atoms with Crippen molar-refractivity contribution in [3.05, 3.63) is 53.1 Å². The first-order valence-electron chi connectivity index (χ1n) is 10.5. The van der Waals surface area contributed by atoms with E-state index in [0.29, 0.717) is 32.0 Å². The van der Waals surface area contributed by atoms with Gasteiger partial charge in [-0.05, 0) is 67.6 Å². The second kappa shape index (κ2) is 8.78. The number of hydrogen-bond acceptors (Lipinski definition) is 4. The molecular weight excluding hydrogens is 407 g/mol. The first-order valence-corrected chi connectivity index (χ1v) is 10.5. The van der Waals surface area contributed by atoms with E-state index in [0.717, 1.165) is 37.1 Å². The number of amides is 1. The molecule has 31 heavy (non-hydrogen) atoms. The molecule has 2 aromatic rings. The highest BCUT2D eigenvalue weighted by molar-refractivity contribution is 5.99. The van der Waals surface area contributed by atoms with Gasteiger partial charge in [0.05, 0.1) is 30.2 Å². The lowest BCUT2D eigenvalue weighted by Gasteiger charge is -2.31. The zero-order chi connectivity index (χ0) is 22.0. The number of anilines is 3. The van der Waals surface area contributed by atoms with Crippen LogP contribution < -0.4 is 15.5 Å². The summed E-state index contributed by atoms with van der Waals surface area (Å²) in [6, 6.07) is 8.91. The third-order valence-corrected chi connectivity index (χ3v) is 5.81. The Kier molecular flexibility index (Phi) is 6.09. The van der Waals surface area contributed by atoms with Gasteiger partial charge in [0, 0.05) is 18.8 Å². The van der Waals surface area contributed by atoms with E-state index in [9.17, 15) is 18.0 Å². The van der Waals surface area contributed by atoms with Crippen LogP contribution in [0.2, 0.25) is 0 Å². The Hall–Kier alpha value is -2.74. The normalized spacial score (nSPS) is 17.2. The van der Waals surface area contributed by atoms with Gasteiger partial charge in [-0.2, -0.15) is 13.2 Å². The maximum atomic E-state index is 13.3. The lowest BCUT2D eigenvalue weighted by atomic mass is 10.1. The second-order valence-electron chi connectivity index (χ2n) is 8.02. The van der Waals surface area contributed by atoms with Crippen LogP contribution in [-0.2, 0) is 28.5 Å². The molecule has 1 saturated heterocycles. The number of rotatable bonds is 5. The number of alkyl halides is 3. The van der Waals surface area contributed by atoms with Gasteiger partial charge in [0.15, 0.2) is 0 Å². The smallest absolute Gasteiger partial charge is 0.378 e. The van der Waals surface area contributed by atoms with E-state index in [1.165, 1.54) is 17.2 Å². The zero-order valence-corrected chi connectivity index (χ0v) is 17.4. The molecule has 2 aliphatic rings. The van der Waals surface area contributed by atoms with Gasteiger partial charge in [0.1, 0.15) is 6.04 Å². The SMILES string of the molecule is C[C@H](Nc1ccc2c(c1)CCC2)C(=O)Nc1cc(C(F)(F)F)ccc1N1CCOCC1. The van der Waals surface area contributed by atoms with Crippen LogP contribution in [0.5, 0.6) is 0 Å². The fourth-order valence-corrected chi connectivity index (χ4v) is 4.11. The Bertz CT molecular complexity index is 956. The van der Waals surface area contributed by atoms with E-state index < -0.39 is 23.7 Å². The van der Waals surface area contributed by atoms with Crippen molar-refractivity contribution in [3.63, 3.8) is 0 Å². The average molecular weight is 433 g/mol. The minimum atomic E-state index is -4.49. The van der Waals surface area contributed by atoms with Crippen molar-refractivity contribution in [2.45, 2.75) is 38.4 Å². The molecule has 166 valence electrons. The van der Waals surface area contributed by atoms with E-state index in [2.05, 4.69) is 22.8 Å². The van der Waals surface area contributed by atoms with Crippen molar-refractivity contribution in [2.75, 3.05) is 41.8 Å². The highest BCUT2D eigenvalue weighted by atomic mass is 19.4. The largest absolute Gasteiger partial charge is 0.416 e. The summed E-state index contributed by atoms with van der Waals surface area (Å²) < 4.78 is 45.2. The van der Waals surface area contributed by atoms with Gasteiger partial charge in [-0.3, -0.25) is 4.79 Å². The molecular formula is C23H26F3N3O2. The number of hydrogen-bond donors (Lipinski definition) is 2. The molecule has 0 saturated carbocycles. The number of carbonyl (C=O) groups excluding carboxylic acids is 1. The predicted molar refractivity (Wildman–Crippen MR) is 115 cm³/mol. The molecule has 1 aliphatic carbocycles. The number of ether oxygens (including phenoxy) is 1. The van der Waals surface area contributed by atoms with Crippen LogP contribution in [0.4, 0.5) is 30.2 Å². The van der Waals surface area contributed by atoms with Gasteiger partial charge >= 0.3 is 6.18 Å². The number of fused-ring (bicyclic) bond motifs is 1. The number of halogens is 3. The van der Waals surface area contributed by atoms with Crippen molar-refractivity contribution in [2.24, 2.45) is 0 Å². The lowest BCUT2D eigenvalue weighted by molar-refractivity contribution is -0.137. The highest BCUT2D eigenvalue weighted by Gasteiger charge is 2.32. The van der Waals surface area contributed by atoms with Crippen LogP contribution in [0, 0.1) is 0 Å². The van der Waals surface area contributed by atoms with Crippen molar-refractivity contribution in [1.82, 2.24) is 0 Å². The van der Waals surface area contributed by atoms with Crippen molar-refractivity contribution < 1.29 is 22.7 Å². The van der Waals surface area contributed by atoms with Gasteiger partial charge in [0.25, 0.3) is 0 Å². The number of nitrogens with one attached hydrogen (secondary N) is 2. The van der Waals surface area contributed by atoms with E-state index in [1.54, 1.807) is 6.92 Å². The van der Waals surface area contributed by atoms with Crippen LogP contribution in [0.1, 0.15) is 30.0 Å². The quantitative estimate of drug-likeness (QED) is 0.731. The number of morpholine rings is 1. The number of nitrogens with zero attached hydrogens (tertiary/aromatic N) is 1. The Morgan fingerprint density at radius 1 is 1.06 bits per heavy atom. The Morgan fingerprint density at radius 3 is 2.55 bits per heavy atom. The third-order valence-electron chi connectivity index (χ3n) is 5.81. The number of carbonyl (C=O) groups is 1. The highest BCUT2D eigenvalue weighted by Crippen LogP contribution is 2.36. The minimum Gasteiger partial charge on any atom is -0.378 e. The minimum absolute atomic E-state index is 0.157. The lowest BCUT2D eigenvalue weighted by Crippen LogP contribution is -2.37. The molecule has 0 radical (unpaired) electrons. The first-order chi connectivity index (χ1) is 14.8. The summed E-state index contributed by atoms with van der Waals surface area (Å²) in [7, 11) is 0. The summed E-state index contributed by atoms with van der Waals surface area (Å²) in [5.41, 5.74) is 3.38. The van der Waals surface area contributed by atoms with Crippen LogP contribution in [0.15, 0.2) is 36.4 Å². The Morgan fingerprint density at radius 2 is 1.81 bits per heavy atom. The predicted octanol–water partition coefficient (Wildman–Crippen LogP) is 4.47. The second-order valence-corrected chi connectivity index (χ2v) is 8.02. The van der Waals surface area contributed by atoms with Crippen molar-refractivity contribution in [1.29, 1.82) is 0 Å². The molecule has 0 bridgehead atoms. The molecule has 2 N–H and O–H groups in total. The van der Waals surface area contributed by atoms with E-state index in [-0.39, 0.29) is 5.69 Å². The zero-order valence-electron chi connectivity index (χ0n) is 17.4. The van der Waals surface area contributed by atoms with Crippen LogP contribution in [-0.4, -0.2) is 38.3 Å². The van der Waals surface area contributed by atoms with Gasteiger partial charge in [-0.25, -0.2) is 0 Å². The Balaban J connectivity index is 1.52. The summed E-state index contributed by atoms with van der Waals surface area (Å²) in [6.07, 6.45) is -1.25. The average Bonchev–Trinajstić information content (AvgIpc) is 3.21. The standard InChI is InChI=1S/C23H26F3N3O2/c1-15(27-19-7-5-16-3-2-4-17(16)13-19)22(30)28-20-14-18(23(24,25)26)6-8-21(20)29-9-11-31-12-10-29/h5-8,13-15,27H,2-4,9-12H2,1H3,(H,28,30)/t15-/m0/s1. The van der Waals surface area contributed by atoms with Gasteiger partial charge in [-0.15, -0.1) is 0 Å². The molecule has 1 fully saturated rings. The van der Waals surface area contributed by atoms with Crippen molar-refractivity contribution in [3.8, 4) is 0 Å².